The number of benzene rings is 1. The highest BCUT2D eigenvalue weighted by Crippen LogP contribution is 2.10. The summed E-state index contributed by atoms with van der Waals surface area (Å²) in [5.74, 6) is -0.117. The topological polar surface area (TPSA) is 68.0 Å². The number of hydrogen-bond acceptors (Lipinski definition) is 4. The normalized spacial score (nSPS) is 12.1. The molecule has 0 aliphatic heterocycles. The molecule has 1 amide bonds. The second-order valence-corrected chi connectivity index (χ2v) is 6.03. The highest BCUT2D eigenvalue weighted by atomic mass is 32.1. The smallest absolute Gasteiger partial charge is 0.237 e. The second kappa shape index (κ2) is 7.17. The zero-order valence-corrected chi connectivity index (χ0v) is 12.3. The van der Waals surface area contributed by atoms with Crippen molar-refractivity contribution in [1.29, 1.82) is 0 Å². The Labute approximate surface area is 123 Å². The molecule has 2 aromatic rings. The van der Waals surface area contributed by atoms with E-state index in [2.05, 4.69) is 10.3 Å². The van der Waals surface area contributed by atoms with Crippen molar-refractivity contribution in [2.24, 2.45) is 5.73 Å². The minimum Gasteiger partial charge on any atom is -0.348 e. The van der Waals surface area contributed by atoms with Crippen LogP contribution < -0.4 is 11.1 Å². The fourth-order valence-corrected chi connectivity index (χ4v) is 2.60. The van der Waals surface area contributed by atoms with Crippen molar-refractivity contribution in [3.8, 4) is 0 Å². The molecule has 0 spiro atoms. The number of carbonyl (C=O) groups excluding carboxylic acids is 1. The molecule has 1 aromatic carbocycles. The highest BCUT2D eigenvalue weighted by molar-refractivity contribution is 7.11. The monoisotopic (exact) mass is 289 g/mol. The summed E-state index contributed by atoms with van der Waals surface area (Å²) in [5.41, 5.74) is 7.11. The van der Waals surface area contributed by atoms with Crippen molar-refractivity contribution >= 4 is 17.2 Å². The van der Waals surface area contributed by atoms with E-state index in [4.69, 9.17) is 5.73 Å². The highest BCUT2D eigenvalue weighted by Gasteiger charge is 2.13. The third-order valence-corrected chi connectivity index (χ3v) is 3.92. The summed E-state index contributed by atoms with van der Waals surface area (Å²) in [5, 5.41) is 3.74. The van der Waals surface area contributed by atoms with Gasteiger partial charge in [0, 0.05) is 11.1 Å². The summed E-state index contributed by atoms with van der Waals surface area (Å²) in [4.78, 5) is 17.2. The molecule has 106 valence electrons. The lowest BCUT2D eigenvalue weighted by Gasteiger charge is -2.11. The number of rotatable bonds is 6. The van der Waals surface area contributed by atoms with Gasteiger partial charge in [0.15, 0.2) is 0 Å². The molecule has 1 heterocycles. The Morgan fingerprint density at radius 3 is 2.80 bits per heavy atom. The summed E-state index contributed by atoms with van der Waals surface area (Å²) >= 11 is 1.59. The van der Waals surface area contributed by atoms with E-state index in [1.165, 1.54) is 5.56 Å². The Bertz CT molecular complexity index is 553. The molecule has 0 saturated heterocycles. The first-order valence-corrected chi connectivity index (χ1v) is 7.45. The van der Waals surface area contributed by atoms with Crippen LogP contribution in [0, 0.1) is 6.92 Å². The number of amides is 1. The molecule has 0 fully saturated rings. The fourth-order valence-electron chi connectivity index (χ4n) is 1.87. The molecule has 1 unspecified atom stereocenters. The number of aromatic nitrogens is 1. The lowest BCUT2D eigenvalue weighted by atomic mass is 10.1. The summed E-state index contributed by atoms with van der Waals surface area (Å²) < 4.78 is 0. The SMILES string of the molecule is Cc1cnc(CNC(=O)C(N)CCc2ccccc2)s1. The molecule has 4 nitrogen and oxygen atoms in total. The lowest BCUT2D eigenvalue weighted by molar-refractivity contribution is -0.122. The third kappa shape index (κ3) is 4.43. The van der Waals surface area contributed by atoms with Crippen LogP contribution in [0.15, 0.2) is 36.5 Å². The third-order valence-electron chi connectivity index (χ3n) is 3.01. The van der Waals surface area contributed by atoms with Gasteiger partial charge in [-0.15, -0.1) is 11.3 Å². The average molecular weight is 289 g/mol. The zero-order valence-electron chi connectivity index (χ0n) is 11.5. The number of aryl methyl sites for hydroxylation is 2. The van der Waals surface area contributed by atoms with Gasteiger partial charge in [-0.25, -0.2) is 4.98 Å². The van der Waals surface area contributed by atoms with Crippen LogP contribution in [0.3, 0.4) is 0 Å². The van der Waals surface area contributed by atoms with Crippen LogP contribution >= 0.6 is 11.3 Å². The maximum atomic E-state index is 11.9. The van der Waals surface area contributed by atoms with Crippen molar-refractivity contribution < 1.29 is 4.79 Å². The fraction of sp³-hybridized carbons (Fsp3) is 0.333. The Balaban J connectivity index is 1.74. The number of hydrogen-bond donors (Lipinski definition) is 2. The van der Waals surface area contributed by atoms with Crippen molar-refractivity contribution in [2.45, 2.75) is 32.4 Å². The number of nitrogens with zero attached hydrogens (tertiary/aromatic N) is 1. The van der Waals surface area contributed by atoms with E-state index >= 15 is 0 Å². The quantitative estimate of drug-likeness (QED) is 0.855. The van der Waals surface area contributed by atoms with Gasteiger partial charge < -0.3 is 11.1 Å². The van der Waals surface area contributed by atoms with Crippen molar-refractivity contribution in [3.05, 3.63) is 52.0 Å². The first kappa shape index (κ1) is 14.7. The maximum absolute atomic E-state index is 11.9. The van der Waals surface area contributed by atoms with Crippen LogP contribution in [-0.4, -0.2) is 16.9 Å². The van der Waals surface area contributed by atoms with E-state index in [0.29, 0.717) is 13.0 Å². The van der Waals surface area contributed by atoms with Gasteiger partial charge in [-0.3, -0.25) is 4.79 Å². The molecular formula is C15H19N3OS. The molecule has 3 N–H and O–H groups in total. The Morgan fingerprint density at radius 1 is 1.40 bits per heavy atom. The minimum absolute atomic E-state index is 0.117. The van der Waals surface area contributed by atoms with Crippen LogP contribution in [0.5, 0.6) is 0 Å². The first-order valence-electron chi connectivity index (χ1n) is 6.63. The second-order valence-electron chi connectivity index (χ2n) is 4.71. The van der Waals surface area contributed by atoms with Crippen molar-refractivity contribution in [2.75, 3.05) is 0 Å². The maximum Gasteiger partial charge on any atom is 0.237 e. The Morgan fingerprint density at radius 2 is 2.15 bits per heavy atom. The molecule has 5 heteroatoms. The molecule has 0 saturated carbocycles. The van der Waals surface area contributed by atoms with Crippen LogP contribution in [0.2, 0.25) is 0 Å². The van der Waals surface area contributed by atoms with Crippen LogP contribution in [0.25, 0.3) is 0 Å². The predicted octanol–water partition coefficient (Wildman–Crippen LogP) is 2.03. The van der Waals surface area contributed by atoms with Gasteiger partial charge in [-0.05, 0) is 25.3 Å². The molecule has 1 atom stereocenters. The van der Waals surface area contributed by atoms with Crippen LogP contribution in [-0.2, 0) is 17.8 Å². The van der Waals surface area contributed by atoms with E-state index < -0.39 is 6.04 Å². The Hall–Kier alpha value is -1.72. The molecule has 0 bridgehead atoms. The van der Waals surface area contributed by atoms with E-state index in [-0.39, 0.29) is 5.91 Å². The summed E-state index contributed by atoms with van der Waals surface area (Å²) in [6.07, 6.45) is 3.26. The van der Waals surface area contributed by atoms with Crippen LogP contribution in [0.4, 0.5) is 0 Å². The number of nitrogens with two attached hydrogens (primary N) is 1. The van der Waals surface area contributed by atoms with Gasteiger partial charge in [-0.1, -0.05) is 30.3 Å². The predicted molar refractivity (Wildman–Crippen MR) is 81.4 cm³/mol. The summed E-state index contributed by atoms with van der Waals surface area (Å²) in [6, 6.07) is 9.58. The summed E-state index contributed by atoms with van der Waals surface area (Å²) in [7, 11) is 0. The number of thiazole rings is 1. The van der Waals surface area contributed by atoms with Gasteiger partial charge in [0.1, 0.15) is 5.01 Å². The Kier molecular flexibility index (Phi) is 5.26. The molecule has 2 rings (SSSR count). The van der Waals surface area contributed by atoms with Gasteiger partial charge in [-0.2, -0.15) is 0 Å². The molecule has 0 aliphatic carbocycles. The van der Waals surface area contributed by atoms with Gasteiger partial charge in [0.05, 0.1) is 12.6 Å². The molecule has 1 aromatic heterocycles. The average Bonchev–Trinajstić information content (AvgIpc) is 2.89. The van der Waals surface area contributed by atoms with Crippen molar-refractivity contribution in [1.82, 2.24) is 10.3 Å². The lowest BCUT2D eigenvalue weighted by Crippen LogP contribution is -2.40. The standard InChI is InChI=1S/C15H19N3OS/c1-11-9-17-14(20-11)10-18-15(19)13(16)8-7-12-5-3-2-4-6-12/h2-6,9,13H,7-8,10,16H2,1H3,(H,18,19). The molecule has 20 heavy (non-hydrogen) atoms. The number of carbonyl (C=O) groups is 1. The van der Waals surface area contributed by atoms with E-state index in [9.17, 15) is 4.79 Å². The number of nitrogens with one attached hydrogen (secondary N) is 1. The zero-order chi connectivity index (χ0) is 14.4. The van der Waals surface area contributed by atoms with Gasteiger partial charge in [0.25, 0.3) is 0 Å². The molecular weight excluding hydrogens is 270 g/mol. The largest absolute Gasteiger partial charge is 0.348 e. The first-order chi connectivity index (χ1) is 9.65. The molecule has 0 aliphatic rings. The summed E-state index contributed by atoms with van der Waals surface area (Å²) in [6.45, 7) is 2.45. The van der Waals surface area contributed by atoms with Crippen LogP contribution in [0.1, 0.15) is 21.9 Å². The van der Waals surface area contributed by atoms with Crippen molar-refractivity contribution in [3.63, 3.8) is 0 Å². The van der Waals surface area contributed by atoms with E-state index in [1.807, 2.05) is 43.5 Å². The minimum atomic E-state index is -0.476. The van der Waals surface area contributed by atoms with E-state index in [1.54, 1.807) is 11.3 Å². The molecule has 0 radical (unpaired) electrons. The van der Waals surface area contributed by atoms with E-state index in [0.717, 1.165) is 16.3 Å². The van der Waals surface area contributed by atoms with Gasteiger partial charge in [0.2, 0.25) is 5.91 Å². The van der Waals surface area contributed by atoms with Gasteiger partial charge >= 0.3 is 0 Å².